The molecule has 0 radical (unpaired) electrons. The van der Waals surface area contributed by atoms with E-state index in [1.54, 1.807) is 30.5 Å². The van der Waals surface area contributed by atoms with Crippen LogP contribution in [0.3, 0.4) is 0 Å². The second kappa shape index (κ2) is 7.88. The number of pyridine rings is 1. The van der Waals surface area contributed by atoms with Gasteiger partial charge in [-0.25, -0.2) is 9.78 Å². The first-order valence-electron chi connectivity index (χ1n) is 8.39. The summed E-state index contributed by atoms with van der Waals surface area (Å²) < 4.78 is 0. The van der Waals surface area contributed by atoms with Crippen molar-refractivity contribution in [3.05, 3.63) is 83.5 Å². The molecule has 0 amide bonds. The summed E-state index contributed by atoms with van der Waals surface area (Å²) in [6.07, 6.45) is 1.71. The molecule has 4 rings (SSSR count). The van der Waals surface area contributed by atoms with E-state index >= 15 is 0 Å². The summed E-state index contributed by atoms with van der Waals surface area (Å²) in [5, 5.41) is 10.6. The van der Waals surface area contributed by atoms with E-state index in [1.165, 1.54) is 11.8 Å². The molecule has 7 heteroatoms. The summed E-state index contributed by atoms with van der Waals surface area (Å²) in [6, 6.07) is 19.8. The molecule has 0 saturated carbocycles. The lowest BCUT2D eigenvalue weighted by Gasteiger charge is -2.04. The number of aromatic carboxylic acids is 1. The molecule has 4 aromatic rings. The number of halogens is 1. The van der Waals surface area contributed by atoms with Gasteiger partial charge < -0.3 is 10.1 Å². The number of imidazole rings is 1. The second-order valence-electron chi connectivity index (χ2n) is 5.92. The number of carbonyl (C=O) groups is 1. The Kier molecular flexibility index (Phi) is 5.14. The Morgan fingerprint density at radius 2 is 1.75 bits per heavy atom. The molecule has 0 atom stereocenters. The minimum Gasteiger partial charge on any atom is -0.478 e. The molecule has 0 aliphatic heterocycles. The molecule has 0 spiro atoms. The zero-order valence-electron chi connectivity index (χ0n) is 14.5. The maximum absolute atomic E-state index is 11.1. The van der Waals surface area contributed by atoms with E-state index in [0.29, 0.717) is 10.8 Å². The number of hydrogen-bond acceptors (Lipinski definition) is 4. The van der Waals surface area contributed by atoms with E-state index in [0.717, 1.165) is 26.9 Å². The summed E-state index contributed by atoms with van der Waals surface area (Å²) in [5.41, 5.74) is 2.61. The van der Waals surface area contributed by atoms with Crippen LogP contribution in [0.2, 0.25) is 5.02 Å². The normalized spacial score (nSPS) is 10.8. The summed E-state index contributed by atoms with van der Waals surface area (Å²) in [7, 11) is 0. The van der Waals surface area contributed by atoms with Gasteiger partial charge in [-0.1, -0.05) is 41.6 Å². The maximum atomic E-state index is 11.1. The van der Waals surface area contributed by atoms with Gasteiger partial charge in [0.05, 0.1) is 11.3 Å². The van der Waals surface area contributed by atoms with Crippen LogP contribution in [0.15, 0.2) is 82.8 Å². The van der Waals surface area contributed by atoms with E-state index in [-0.39, 0.29) is 5.56 Å². The number of H-pyrrole nitrogens is 1. The van der Waals surface area contributed by atoms with Crippen molar-refractivity contribution in [1.82, 2.24) is 15.0 Å². The van der Waals surface area contributed by atoms with Crippen LogP contribution in [0.1, 0.15) is 10.4 Å². The van der Waals surface area contributed by atoms with Gasteiger partial charge in [0.1, 0.15) is 10.7 Å². The molecule has 0 fully saturated rings. The van der Waals surface area contributed by atoms with Crippen LogP contribution in [0.5, 0.6) is 0 Å². The highest BCUT2D eigenvalue weighted by atomic mass is 35.5. The van der Waals surface area contributed by atoms with Crippen LogP contribution in [-0.4, -0.2) is 26.0 Å². The number of carboxylic acid groups (broad SMARTS) is 1. The van der Waals surface area contributed by atoms with E-state index in [4.69, 9.17) is 21.7 Å². The van der Waals surface area contributed by atoms with Crippen molar-refractivity contribution in [3.8, 4) is 22.8 Å². The van der Waals surface area contributed by atoms with E-state index in [9.17, 15) is 4.79 Å². The molecule has 0 unspecified atom stereocenters. The first kappa shape index (κ1) is 18.3. The molecule has 2 heterocycles. The summed E-state index contributed by atoms with van der Waals surface area (Å²) >= 11 is 7.48. The van der Waals surface area contributed by atoms with Gasteiger partial charge in [0, 0.05) is 21.7 Å². The minimum absolute atomic E-state index is 0.236. The average molecular weight is 408 g/mol. The Balaban J connectivity index is 1.77. The second-order valence-corrected chi connectivity index (χ2v) is 7.42. The van der Waals surface area contributed by atoms with Crippen molar-refractivity contribution >= 4 is 29.3 Å². The van der Waals surface area contributed by atoms with E-state index < -0.39 is 5.97 Å². The van der Waals surface area contributed by atoms with Crippen molar-refractivity contribution in [2.75, 3.05) is 0 Å². The molecule has 138 valence electrons. The molecule has 0 saturated heterocycles. The number of aromatic amines is 1. The fourth-order valence-electron chi connectivity index (χ4n) is 2.64. The van der Waals surface area contributed by atoms with Crippen molar-refractivity contribution in [3.63, 3.8) is 0 Å². The zero-order chi connectivity index (χ0) is 19.5. The number of aromatic nitrogens is 3. The Labute approximate surface area is 170 Å². The largest absolute Gasteiger partial charge is 0.478 e. The minimum atomic E-state index is -0.957. The predicted octanol–water partition coefficient (Wildman–Crippen LogP) is 5.64. The Morgan fingerprint density at radius 3 is 2.39 bits per heavy atom. The smallest absolute Gasteiger partial charge is 0.335 e. The third kappa shape index (κ3) is 3.93. The van der Waals surface area contributed by atoms with Crippen LogP contribution in [0, 0.1) is 0 Å². The molecule has 0 aliphatic carbocycles. The van der Waals surface area contributed by atoms with Crippen LogP contribution in [-0.2, 0) is 0 Å². The van der Waals surface area contributed by atoms with Crippen molar-refractivity contribution in [2.45, 2.75) is 9.92 Å². The van der Waals surface area contributed by atoms with Gasteiger partial charge in [-0.15, -0.1) is 0 Å². The van der Waals surface area contributed by atoms with Gasteiger partial charge in [-0.05, 0) is 48.5 Å². The van der Waals surface area contributed by atoms with Gasteiger partial charge in [-0.3, -0.25) is 4.98 Å². The van der Waals surface area contributed by atoms with Gasteiger partial charge in [-0.2, -0.15) is 0 Å². The summed E-state index contributed by atoms with van der Waals surface area (Å²) in [4.78, 5) is 24.5. The highest BCUT2D eigenvalue weighted by Crippen LogP contribution is 2.36. The Hall–Kier alpha value is -3.09. The Bertz CT molecular complexity index is 1110. The molecule has 0 bridgehead atoms. The Morgan fingerprint density at radius 1 is 1.00 bits per heavy atom. The van der Waals surface area contributed by atoms with Crippen LogP contribution >= 0.6 is 23.4 Å². The molecule has 28 heavy (non-hydrogen) atoms. The lowest BCUT2D eigenvalue weighted by Crippen LogP contribution is -1.95. The maximum Gasteiger partial charge on any atom is 0.335 e. The SMILES string of the molecule is O=C(O)c1ccc(-c2[nH]c(-c3ccccn3)nc2Sc2ccc(Cl)cc2)cc1. The van der Waals surface area contributed by atoms with E-state index in [2.05, 4.69) is 9.97 Å². The number of benzene rings is 2. The van der Waals surface area contributed by atoms with Crippen molar-refractivity contribution in [2.24, 2.45) is 0 Å². The van der Waals surface area contributed by atoms with E-state index in [1.807, 2.05) is 42.5 Å². The number of carboxylic acids is 1. The highest BCUT2D eigenvalue weighted by Gasteiger charge is 2.16. The lowest BCUT2D eigenvalue weighted by atomic mass is 10.1. The number of nitrogens with one attached hydrogen (secondary N) is 1. The lowest BCUT2D eigenvalue weighted by molar-refractivity contribution is 0.0697. The first-order chi connectivity index (χ1) is 13.6. The molecule has 5 nitrogen and oxygen atoms in total. The van der Waals surface area contributed by atoms with Crippen LogP contribution in [0.4, 0.5) is 0 Å². The van der Waals surface area contributed by atoms with Crippen molar-refractivity contribution in [1.29, 1.82) is 0 Å². The van der Waals surface area contributed by atoms with Crippen LogP contribution in [0.25, 0.3) is 22.8 Å². The number of rotatable bonds is 5. The number of nitrogens with zero attached hydrogens (tertiary/aromatic N) is 2. The zero-order valence-corrected chi connectivity index (χ0v) is 16.0. The third-order valence-corrected chi connectivity index (χ3v) is 5.28. The molecule has 2 N–H and O–H groups in total. The highest BCUT2D eigenvalue weighted by molar-refractivity contribution is 7.99. The van der Waals surface area contributed by atoms with Crippen LogP contribution < -0.4 is 0 Å². The number of hydrogen-bond donors (Lipinski definition) is 2. The molecule has 2 aromatic carbocycles. The summed E-state index contributed by atoms with van der Waals surface area (Å²) in [5.74, 6) is -0.310. The topological polar surface area (TPSA) is 78.9 Å². The third-order valence-electron chi connectivity index (χ3n) is 4.03. The first-order valence-corrected chi connectivity index (χ1v) is 9.58. The predicted molar refractivity (Wildman–Crippen MR) is 110 cm³/mol. The monoisotopic (exact) mass is 407 g/mol. The standard InChI is InChI=1S/C21H14ClN3O2S/c22-15-8-10-16(11-9-15)28-20-18(13-4-6-14(7-5-13)21(26)27)24-19(25-20)17-3-1-2-12-23-17/h1-12H,(H,24,25)(H,26,27). The average Bonchev–Trinajstić information content (AvgIpc) is 3.14. The fraction of sp³-hybridized carbons (Fsp3) is 0. The quantitative estimate of drug-likeness (QED) is 0.447. The molecule has 0 aliphatic rings. The van der Waals surface area contributed by atoms with Crippen molar-refractivity contribution < 1.29 is 9.90 Å². The van der Waals surface area contributed by atoms with Gasteiger partial charge in [0.2, 0.25) is 0 Å². The summed E-state index contributed by atoms with van der Waals surface area (Å²) in [6.45, 7) is 0. The van der Waals surface area contributed by atoms with Gasteiger partial charge >= 0.3 is 5.97 Å². The van der Waals surface area contributed by atoms with Gasteiger partial charge in [0.15, 0.2) is 5.82 Å². The molecular formula is C21H14ClN3O2S. The van der Waals surface area contributed by atoms with Gasteiger partial charge in [0.25, 0.3) is 0 Å². The molecule has 2 aromatic heterocycles. The fourth-order valence-corrected chi connectivity index (χ4v) is 3.67. The molecular weight excluding hydrogens is 394 g/mol.